The molecule has 1 aromatic heterocycles. The molecule has 100 valence electrons. The Morgan fingerprint density at radius 1 is 1.33 bits per heavy atom. The Balaban J connectivity index is 1.74. The molecule has 0 bridgehead atoms. The minimum Gasteiger partial charge on any atom is -0.345 e. The van der Waals surface area contributed by atoms with Crippen LogP contribution in [0.2, 0.25) is 0 Å². The van der Waals surface area contributed by atoms with Crippen molar-refractivity contribution in [1.29, 1.82) is 0 Å². The Hall–Kier alpha value is -0.680. The fourth-order valence-electron chi connectivity index (χ4n) is 2.85. The summed E-state index contributed by atoms with van der Waals surface area (Å²) in [4.78, 5) is 7.14. The van der Waals surface area contributed by atoms with Crippen LogP contribution in [-0.4, -0.2) is 35.0 Å². The molecular formula is C13H22N4S. The van der Waals surface area contributed by atoms with E-state index < -0.39 is 0 Å². The van der Waals surface area contributed by atoms with Gasteiger partial charge in [0.15, 0.2) is 0 Å². The van der Waals surface area contributed by atoms with E-state index in [2.05, 4.69) is 35.4 Å². The molecule has 0 aromatic carbocycles. The van der Waals surface area contributed by atoms with Crippen molar-refractivity contribution in [2.75, 3.05) is 24.5 Å². The van der Waals surface area contributed by atoms with Gasteiger partial charge in [-0.1, -0.05) is 20.8 Å². The second kappa shape index (κ2) is 4.46. The second-order valence-electron chi connectivity index (χ2n) is 6.52. The second-order valence-corrected chi connectivity index (χ2v) is 7.25. The van der Waals surface area contributed by atoms with Crippen molar-refractivity contribution >= 4 is 16.7 Å². The highest BCUT2D eigenvalue weighted by atomic mass is 32.1. The Bertz CT molecular complexity index is 409. The number of anilines is 1. The van der Waals surface area contributed by atoms with Crippen LogP contribution in [0.1, 0.15) is 39.4 Å². The van der Waals surface area contributed by atoms with Gasteiger partial charge in [-0.25, -0.2) is 4.98 Å². The molecule has 2 atom stereocenters. The smallest absolute Gasteiger partial charge is 0.205 e. The van der Waals surface area contributed by atoms with Crippen molar-refractivity contribution in [1.82, 2.24) is 14.7 Å². The van der Waals surface area contributed by atoms with Gasteiger partial charge in [0.25, 0.3) is 0 Å². The molecule has 4 nitrogen and oxygen atoms in total. The molecule has 1 aromatic rings. The van der Waals surface area contributed by atoms with Crippen LogP contribution >= 0.6 is 11.5 Å². The lowest BCUT2D eigenvalue weighted by Crippen LogP contribution is -2.40. The SMILES string of the molecule is CC(C)(C)c1nsc(N2C[C@@H]3CCCN[C@@H]3C2)n1. The van der Waals surface area contributed by atoms with E-state index in [4.69, 9.17) is 4.98 Å². The third-order valence-electron chi connectivity index (χ3n) is 3.96. The summed E-state index contributed by atoms with van der Waals surface area (Å²) in [7, 11) is 0. The molecule has 2 aliphatic rings. The molecule has 2 saturated heterocycles. The zero-order valence-electron chi connectivity index (χ0n) is 11.4. The van der Waals surface area contributed by atoms with Gasteiger partial charge in [0, 0.05) is 36.1 Å². The van der Waals surface area contributed by atoms with Gasteiger partial charge in [-0.15, -0.1) is 0 Å². The van der Waals surface area contributed by atoms with Gasteiger partial charge < -0.3 is 10.2 Å². The average Bonchev–Trinajstić information content (AvgIpc) is 2.94. The van der Waals surface area contributed by atoms with Crippen LogP contribution in [-0.2, 0) is 5.41 Å². The number of nitrogens with one attached hydrogen (secondary N) is 1. The highest BCUT2D eigenvalue weighted by molar-refractivity contribution is 7.09. The van der Waals surface area contributed by atoms with Gasteiger partial charge in [0.05, 0.1) is 0 Å². The summed E-state index contributed by atoms with van der Waals surface area (Å²) in [5.41, 5.74) is 0.0550. The summed E-state index contributed by atoms with van der Waals surface area (Å²) in [6.45, 7) is 9.94. The van der Waals surface area contributed by atoms with Crippen LogP contribution in [0.4, 0.5) is 5.13 Å². The van der Waals surface area contributed by atoms with Crippen LogP contribution in [0.3, 0.4) is 0 Å². The zero-order valence-corrected chi connectivity index (χ0v) is 12.3. The molecule has 0 amide bonds. The lowest BCUT2D eigenvalue weighted by Gasteiger charge is -2.24. The van der Waals surface area contributed by atoms with Gasteiger partial charge in [-0.05, 0) is 25.3 Å². The van der Waals surface area contributed by atoms with E-state index in [9.17, 15) is 0 Å². The Labute approximate surface area is 113 Å². The fraction of sp³-hybridized carbons (Fsp3) is 0.846. The summed E-state index contributed by atoms with van der Waals surface area (Å²) in [6, 6.07) is 0.667. The Morgan fingerprint density at radius 3 is 2.83 bits per heavy atom. The van der Waals surface area contributed by atoms with Crippen LogP contribution in [0.15, 0.2) is 0 Å². The quantitative estimate of drug-likeness (QED) is 0.844. The Kier molecular flexibility index (Phi) is 3.06. The first kappa shape index (κ1) is 12.4. The Morgan fingerprint density at radius 2 is 2.17 bits per heavy atom. The molecule has 0 radical (unpaired) electrons. The minimum absolute atomic E-state index is 0.0550. The number of hydrogen-bond donors (Lipinski definition) is 1. The monoisotopic (exact) mass is 266 g/mol. The number of aromatic nitrogens is 2. The van der Waals surface area contributed by atoms with Crippen molar-refractivity contribution in [3.63, 3.8) is 0 Å². The lowest BCUT2D eigenvalue weighted by atomic mass is 9.94. The first-order valence-electron chi connectivity index (χ1n) is 6.86. The van der Waals surface area contributed by atoms with Gasteiger partial charge in [-0.3, -0.25) is 0 Å². The van der Waals surface area contributed by atoms with Crippen LogP contribution in [0.5, 0.6) is 0 Å². The van der Waals surface area contributed by atoms with Crippen LogP contribution in [0.25, 0.3) is 0 Å². The fourth-order valence-corrected chi connectivity index (χ4v) is 3.73. The number of hydrogen-bond acceptors (Lipinski definition) is 5. The summed E-state index contributed by atoms with van der Waals surface area (Å²) in [5.74, 6) is 1.78. The molecular weight excluding hydrogens is 244 g/mol. The predicted molar refractivity (Wildman–Crippen MR) is 75.3 cm³/mol. The maximum absolute atomic E-state index is 4.73. The lowest BCUT2D eigenvalue weighted by molar-refractivity contribution is 0.340. The maximum atomic E-state index is 4.73. The van der Waals surface area contributed by atoms with Gasteiger partial charge in [-0.2, -0.15) is 4.37 Å². The zero-order chi connectivity index (χ0) is 12.8. The molecule has 2 aliphatic heterocycles. The van der Waals surface area contributed by atoms with Gasteiger partial charge in [0.2, 0.25) is 5.13 Å². The third kappa shape index (κ3) is 2.26. The maximum Gasteiger partial charge on any atom is 0.205 e. The molecule has 18 heavy (non-hydrogen) atoms. The summed E-state index contributed by atoms with van der Waals surface area (Å²) < 4.78 is 4.52. The predicted octanol–water partition coefficient (Wildman–Crippen LogP) is 2.02. The van der Waals surface area contributed by atoms with E-state index in [-0.39, 0.29) is 5.41 Å². The molecule has 0 unspecified atom stereocenters. The van der Waals surface area contributed by atoms with Crippen molar-refractivity contribution in [2.45, 2.75) is 45.1 Å². The molecule has 0 aliphatic carbocycles. The van der Waals surface area contributed by atoms with Crippen molar-refractivity contribution in [3.8, 4) is 0 Å². The first-order valence-corrected chi connectivity index (χ1v) is 7.64. The summed E-state index contributed by atoms with van der Waals surface area (Å²) in [5, 5.41) is 4.74. The largest absolute Gasteiger partial charge is 0.345 e. The molecule has 1 N–H and O–H groups in total. The number of nitrogens with zero attached hydrogens (tertiary/aromatic N) is 3. The highest BCUT2D eigenvalue weighted by Crippen LogP contribution is 2.31. The molecule has 3 rings (SSSR count). The molecule has 0 spiro atoms. The van der Waals surface area contributed by atoms with Crippen molar-refractivity contribution in [3.05, 3.63) is 5.82 Å². The third-order valence-corrected chi connectivity index (χ3v) is 4.73. The topological polar surface area (TPSA) is 41.1 Å². The van der Waals surface area contributed by atoms with Crippen molar-refractivity contribution < 1.29 is 0 Å². The number of rotatable bonds is 1. The molecule has 3 heterocycles. The normalized spacial score (nSPS) is 28.5. The standard InChI is InChI=1S/C13H22N4S/c1-13(2,3)11-15-12(18-16-11)17-7-9-5-4-6-14-10(9)8-17/h9-10,14H,4-8H2,1-3H3/t9-,10+/m0/s1. The molecule has 5 heteroatoms. The summed E-state index contributed by atoms with van der Waals surface area (Å²) in [6.07, 6.45) is 2.68. The van der Waals surface area contributed by atoms with E-state index in [1.165, 1.54) is 19.4 Å². The summed E-state index contributed by atoms with van der Waals surface area (Å²) >= 11 is 1.56. The first-order chi connectivity index (χ1) is 8.54. The highest BCUT2D eigenvalue weighted by Gasteiger charge is 2.35. The molecule has 2 fully saturated rings. The molecule has 0 saturated carbocycles. The van der Waals surface area contributed by atoms with E-state index in [0.29, 0.717) is 6.04 Å². The van der Waals surface area contributed by atoms with Crippen LogP contribution < -0.4 is 10.2 Å². The number of piperidine rings is 1. The van der Waals surface area contributed by atoms with Gasteiger partial charge >= 0.3 is 0 Å². The van der Waals surface area contributed by atoms with Gasteiger partial charge in [0.1, 0.15) is 5.82 Å². The van der Waals surface area contributed by atoms with E-state index >= 15 is 0 Å². The van der Waals surface area contributed by atoms with E-state index in [1.54, 1.807) is 11.5 Å². The minimum atomic E-state index is 0.0550. The van der Waals surface area contributed by atoms with E-state index in [0.717, 1.165) is 30.0 Å². The van der Waals surface area contributed by atoms with E-state index in [1.807, 2.05) is 0 Å². The number of fused-ring (bicyclic) bond motifs is 1. The van der Waals surface area contributed by atoms with Crippen molar-refractivity contribution in [2.24, 2.45) is 5.92 Å². The average molecular weight is 266 g/mol. The van der Waals surface area contributed by atoms with Crippen LogP contribution in [0, 0.1) is 5.92 Å².